The highest BCUT2D eigenvalue weighted by Gasteiger charge is 2.23. The fourth-order valence-corrected chi connectivity index (χ4v) is 6.46. The van der Waals surface area contributed by atoms with Crippen LogP contribution in [0.3, 0.4) is 0 Å². The van der Waals surface area contributed by atoms with Crippen LogP contribution in [0.5, 0.6) is 0 Å². The highest BCUT2D eigenvalue weighted by Crippen LogP contribution is 2.43. The van der Waals surface area contributed by atoms with Crippen molar-refractivity contribution in [2.45, 2.75) is 53.1 Å². The van der Waals surface area contributed by atoms with E-state index in [-0.39, 0.29) is 24.6 Å². The second-order valence-electron chi connectivity index (χ2n) is 12.1. The van der Waals surface area contributed by atoms with Crippen molar-refractivity contribution in [3.63, 3.8) is 0 Å². The van der Waals surface area contributed by atoms with E-state index in [2.05, 4.69) is 10.1 Å². The van der Waals surface area contributed by atoms with Gasteiger partial charge < -0.3 is 9.84 Å². The number of fused-ring (bicyclic) bond motifs is 2. The summed E-state index contributed by atoms with van der Waals surface area (Å²) < 4.78 is 36.4. The fraction of sp³-hybridized carbons (Fsp3) is 0.278. The van der Waals surface area contributed by atoms with Gasteiger partial charge in [-0.25, -0.2) is 13.8 Å². The van der Waals surface area contributed by atoms with E-state index >= 15 is 0 Å². The van der Waals surface area contributed by atoms with Crippen molar-refractivity contribution in [3.8, 4) is 33.0 Å². The minimum atomic E-state index is -2.74. The first-order chi connectivity index (χ1) is 22.2. The van der Waals surface area contributed by atoms with Crippen molar-refractivity contribution in [1.82, 2.24) is 19.7 Å². The summed E-state index contributed by atoms with van der Waals surface area (Å²) in [5, 5.41) is 14.8. The first-order valence-corrected chi connectivity index (χ1v) is 16.2. The van der Waals surface area contributed by atoms with E-state index in [0.717, 1.165) is 43.4 Å². The number of esters is 1. The monoisotopic (exact) mass is 676 g/mol. The molecular formula is C36H35ClF2N4O3S. The molecule has 11 heteroatoms. The van der Waals surface area contributed by atoms with Crippen molar-refractivity contribution < 1.29 is 23.4 Å². The van der Waals surface area contributed by atoms with Gasteiger partial charge in [0.15, 0.2) is 0 Å². The number of ether oxygens (including phenoxy) is 1. The number of hydrogen-bond donors (Lipinski definition) is 1. The highest BCUT2D eigenvalue weighted by atomic mass is 35.5. The molecule has 0 unspecified atom stereocenters. The average molecular weight is 677 g/mol. The summed E-state index contributed by atoms with van der Waals surface area (Å²) in [4.78, 5) is 21.8. The number of aromatic nitrogens is 4. The largest absolute Gasteiger partial charge is 0.466 e. The van der Waals surface area contributed by atoms with Crippen molar-refractivity contribution in [3.05, 3.63) is 88.7 Å². The van der Waals surface area contributed by atoms with Gasteiger partial charge in [0.05, 0.1) is 46.3 Å². The maximum Gasteiger partial charge on any atom is 0.310 e. The maximum atomic E-state index is 14.3. The Morgan fingerprint density at radius 2 is 1.74 bits per heavy atom. The normalized spacial score (nSPS) is 11.6. The Balaban J connectivity index is 0.000000807. The first-order valence-electron chi connectivity index (χ1n) is 15.0. The summed E-state index contributed by atoms with van der Waals surface area (Å²) >= 11 is 7.49. The summed E-state index contributed by atoms with van der Waals surface area (Å²) in [7, 11) is 1.86. The van der Waals surface area contributed by atoms with Gasteiger partial charge in [0.1, 0.15) is 5.01 Å². The van der Waals surface area contributed by atoms with Crippen LogP contribution in [0.2, 0.25) is 5.02 Å². The summed E-state index contributed by atoms with van der Waals surface area (Å²) in [6, 6.07) is 16.7. The van der Waals surface area contributed by atoms with E-state index in [0.29, 0.717) is 26.8 Å². The van der Waals surface area contributed by atoms with E-state index in [1.54, 1.807) is 56.8 Å². The lowest BCUT2D eigenvalue weighted by Crippen LogP contribution is -2.10. The third-order valence-corrected chi connectivity index (χ3v) is 8.59. The molecule has 3 aromatic heterocycles. The molecule has 1 N–H and O–H groups in total. The standard InChI is InChI=1S/C32H25ClF2N4O2S.C4H10O/c1-4-41-28(40)14-22-17(2)11-26-30(29(22)18-5-8-21(33)9-6-18)42-32(38-26)23-13-25(36-16-24(23)31(34)35)19-7-10-27-20(12-19)15-37-39(27)3;1-4(2,3)5/h5-13,15-16,31H,4,14H2,1-3H3;5H,1-3H3. The number of carbonyl (C=O) groups excluding carboxylic acids is 1. The number of pyridine rings is 1. The van der Waals surface area contributed by atoms with Crippen LogP contribution in [0.25, 0.3) is 54.1 Å². The summed E-state index contributed by atoms with van der Waals surface area (Å²) in [5.74, 6) is -0.343. The van der Waals surface area contributed by atoms with Crippen molar-refractivity contribution in [2.24, 2.45) is 7.05 Å². The van der Waals surface area contributed by atoms with Crippen LogP contribution >= 0.6 is 22.9 Å². The predicted molar refractivity (Wildman–Crippen MR) is 185 cm³/mol. The van der Waals surface area contributed by atoms with Gasteiger partial charge in [0.25, 0.3) is 6.43 Å². The van der Waals surface area contributed by atoms with Gasteiger partial charge in [-0.3, -0.25) is 14.5 Å². The number of thiazole rings is 1. The molecule has 3 aromatic carbocycles. The Labute approximate surface area is 280 Å². The van der Waals surface area contributed by atoms with Crippen LogP contribution in [-0.4, -0.2) is 43.0 Å². The van der Waals surface area contributed by atoms with Gasteiger partial charge in [-0.1, -0.05) is 29.8 Å². The average Bonchev–Trinajstić information content (AvgIpc) is 3.60. The molecular weight excluding hydrogens is 642 g/mol. The van der Waals surface area contributed by atoms with E-state index in [1.807, 2.05) is 50.4 Å². The van der Waals surface area contributed by atoms with Crippen LogP contribution in [0.15, 0.2) is 67.0 Å². The molecule has 0 aliphatic rings. The van der Waals surface area contributed by atoms with Gasteiger partial charge in [-0.05, 0) is 87.7 Å². The maximum absolute atomic E-state index is 14.3. The van der Waals surface area contributed by atoms with Crippen molar-refractivity contribution in [1.29, 1.82) is 0 Å². The Morgan fingerprint density at radius 3 is 2.40 bits per heavy atom. The Kier molecular flexibility index (Phi) is 10.0. The number of aryl methyl sites for hydroxylation is 2. The number of rotatable bonds is 7. The molecule has 0 radical (unpaired) electrons. The minimum Gasteiger partial charge on any atom is -0.466 e. The van der Waals surface area contributed by atoms with E-state index in [1.165, 1.54) is 17.5 Å². The van der Waals surface area contributed by atoms with Crippen molar-refractivity contribution in [2.75, 3.05) is 6.61 Å². The minimum absolute atomic E-state index is 0.0688. The Morgan fingerprint density at radius 1 is 1.06 bits per heavy atom. The molecule has 0 aliphatic carbocycles. The topological polar surface area (TPSA) is 90.1 Å². The molecule has 47 heavy (non-hydrogen) atoms. The summed E-state index contributed by atoms with van der Waals surface area (Å²) in [6.07, 6.45) is 0.312. The van der Waals surface area contributed by atoms with Gasteiger partial charge >= 0.3 is 5.97 Å². The van der Waals surface area contributed by atoms with Crippen LogP contribution in [0, 0.1) is 6.92 Å². The lowest BCUT2D eigenvalue weighted by molar-refractivity contribution is -0.142. The van der Waals surface area contributed by atoms with Crippen LogP contribution in [0.1, 0.15) is 50.8 Å². The molecule has 0 atom stereocenters. The van der Waals surface area contributed by atoms with E-state index < -0.39 is 12.0 Å². The molecule has 7 nitrogen and oxygen atoms in total. The van der Waals surface area contributed by atoms with E-state index in [9.17, 15) is 13.6 Å². The predicted octanol–water partition coefficient (Wildman–Crippen LogP) is 9.36. The fourth-order valence-electron chi connectivity index (χ4n) is 5.16. The first kappa shape index (κ1) is 34.1. The quantitative estimate of drug-likeness (QED) is 0.170. The third-order valence-electron chi connectivity index (χ3n) is 7.21. The SMILES string of the molecule is CC(C)(C)O.CCOC(=O)Cc1c(C)cc2nc(-c3cc(-c4ccc5c(cnn5C)c4)ncc3C(F)F)sc2c1-c1ccc(Cl)cc1. The zero-order chi connectivity index (χ0) is 34.0. The van der Waals surface area contributed by atoms with E-state index in [4.69, 9.17) is 26.4 Å². The molecule has 0 fully saturated rings. The molecule has 3 heterocycles. The molecule has 6 aromatic rings. The summed E-state index contributed by atoms with van der Waals surface area (Å²) in [5.41, 5.74) is 5.87. The third kappa shape index (κ3) is 7.84. The second kappa shape index (κ2) is 13.9. The Hall–Kier alpha value is -4.25. The van der Waals surface area contributed by atoms with Gasteiger partial charge in [0.2, 0.25) is 0 Å². The lowest BCUT2D eigenvalue weighted by atomic mass is 9.93. The highest BCUT2D eigenvalue weighted by molar-refractivity contribution is 7.22. The molecule has 0 amide bonds. The number of benzene rings is 3. The van der Waals surface area contributed by atoms with Crippen LogP contribution < -0.4 is 0 Å². The molecule has 0 spiro atoms. The Bertz CT molecular complexity index is 2060. The molecule has 0 saturated carbocycles. The number of halogens is 3. The molecule has 0 aliphatic heterocycles. The lowest BCUT2D eigenvalue weighted by Gasteiger charge is -2.14. The zero-order valence-corrected chi connectivity index (χ0v) is 28.5. The molecule has 244 valence electrons. The molecule has 0 saturated heterocycles. The van der Waals surface area contributed by atoms with Gasteiger partial charge in [0, 0.05) is 45.9 Å². The van der Waals surface area contributed by atoms with Gasteiger partial charge in [-0.15, -0.1) is 11.3 Å². The molecule has 6 rings (SSSR count). The number of nitrogens with zero attached hydrogens (tertiary/aromatic N) is 4. The van der Waals surface area contributed by atoms with Crippen molar-refractivity contribution >= 4 is 50.0 Å². The number of carbonyl (C=O) groups is 1. The number of alkyl halides is 2. The second-order valence-corrected chi connectivity index (χ2v) is 13.5. The number of aliphatic hydroxyl groups is 1. The van der Waals surface area contributed by atoms with Gasteiger partial charge in [-0.2, -0.15) is 5.10 Å². The molecule has 0 bridgehead atoms. The smallest absolute Gasteiger partial charge is 0.310 e. The zero-order valence-electron chi connectivity index (χ0n) is 26.9. The van der Waals surface area contributed by atoms with Crippen LogP contribution in [-0.2, 0) is 23.0 Å². The number of hydrogen-bond acceptors (Lipinski definition) is 7. The summed E-state index contributed by atoms with van der Waals surface area (Å²) in [6.45, 7) is 9.18. The van der Waals surface area contributed by atoms with Crippen LogP contribution in [0.4, 0.5) is 8.78 Å².